The standard InChI is InChI=1S/C16H18ClN3OS.2ClH/c17-14-4-2-1-3-13(14)16-19-12(10-22-16)9-15(21)20-7-5-11(18)6-8-20;;/h1-4,10-11H,5-9,18H2;2*1H. The number of hydrogen-bond donors (Lipinski definition) is 1. The minimum Gasteiger partial charge on any atom is -0.342 e. The Morgan fingerprint density at radius 1 is 1.29 bits per heavy atom. The topological polar surface area (TPSA) is 59.2 Å². The highest BCUT2D eigenvalue weighted by Gasteiger charge is 2.21. The van der Waals surface area contributed by atoms with Crippen LogP contribution in [0.3, 0.4) is 0 Å². The lowest BCUT2D eigenvalue weighted by molar-refractivity contribution is -0.131. The van der Waals surface area contributed by atoms with Crippen LogP contribution in [-0.2, 0) is 11.2 Å². The van der Waals surface area contributed by atoms with Crippen molar-refractivity contribution in [2.45, 2.75) is 25.3 Å². The first-order valence-electron chi connectivity index (χ1n) is 7.36. The van der Waals surface area contributed by atoms with Gasteiger partial charge < -0.3 is 10.6 Å². The summed E-state index contributed by atoms with van der Waals surface area (Å²) < 4.78 is 0. The quantitative estimate of drug-likeness (QED) is 0.840. The van der Waals surface area contributed by atoms with Gasteiger partial charge in [-0.25, -0.2) is 4.98 Å². The van der Waals surface area contributed by atoms with Gasteiger partial charge in [0.15, 0.2) is 0 Å². The van der Waals surface area contributed by atoms with Gasteiger partial charge in [0.05, 0.1) is 17.1 Å². The van der Waals surface area contributed by atoms with Crippen molar-refractivity contribution in [3.05, 3.63) is 40.4 Å². The summed E-state index contributed by atoms with van der Waals surface area (Å²) in [5, 5.41) is 3.47. The highest BCUT2D eigenvalue weighted by Crippen LogP contribution is 2.30. The largest absolute Gasteiger partial charge is 0.342 e. The Morgan fingerprint density at radius 2 is 1.96 bits per heavy atom. The van der Waals surface area contributed by atoms with Crippen molar-refractivity contribution >= 4 is 53.7 Å². The van der Waals surface area contributed by atoms with Crippen molar-refractivity contribution in [2.75, 3.05) is 13.1 Å². The Balaban J connectivity index is 0.00000144. The summed E-state index contributed by atoms with van der Waals surface area (Å²) in [5.41, 5.74) is 7.59. The smallest absolute Gasteiger partial charge is 0.228 e. The molecule has 0 atom stereocenters. The van der Waals surface area contributed by atoms with Crippen LogP contribution in [0.2, 0.25) is 5.02 Å². The molecule has 1 aliphatic rings. The Kier molecular flexibility index (Phi) is 8.46. The number of likely N-dealkylation sites (tertiary alicyclic amines) is 1. The van der Waals surface area contributed by atoms with Gasteiger partial charge in [-0.3, -0.25) is 4.79 Å². The number of carbonyl (C=O) groups is 1. The second-order valence-electron chi connectivity index (χ2n) is 5.52. The summed E-state index contributed by atoms with van der Waals surface area (Å²) in [7, 11) is 0. The first-order valence-corrected chi connectivity index (χ1v) is 8.62. The van der Waals surface area contributed by atoms with Crippen LogP contribution in [0.15, 0.2) is 29.6 Å². The summed E-state index contributed by atoms with van der Waals surface area (Å²) in [4.78, 5) is 18.8. The second kappa shape index (κ2) is 9.59. The molecule has 1 amide bonds. The average Bonchev–Trinajstić information content (AvgIpc) is 2.96. The van der Waals surface area contributed by atoms with E-state index in [1.807, 2.05) is 34.5 Å². The predicted molar refractivity (Wildman–Crippen MR) is 105 cm³/mol. The molecule has 2 heterocycles. The fraction of sp³-hybridized carbons (Fsp3) is 0.375. The van der Waals surface area contributed by atoms with Gasteiger partial charge in [0.2, 0.25) is 5.91 Å². The van der Waals surface area contributed by atoms with E-state index in [4.69, 9.17) is 17.3 Å². The summed E-state index contributed by atoms with van der Waals surface area (Å²) in [6.07, 6.45) is 2.11. The molecule has 1 aliphatic heterocycles. The van der Waals surface area contributed by atoms with Gasteiger partial charge >= 0.3 is 0 Å². The Morgan fingerprint density at radius 3 is 2.62 bits per heavy atom. The summed E-state index contributed by atoms with van der Waals surface area (Å²) in [5.74, 6) is 0.128. The molecule has 3 rings (SSSR count). The monoisotopic (exact) mass is 407 g/mol. The zero-order valence-corrected chi connectivity index (χ0v) is 16.2. The van der Waals surface area contributed by atoms with E-state index in [9.17, 15) is 4.79 Å². The number of carbonyl (C=O) groups excluding carboxylic acids is 1. The maximum atomic E-state index is 12.3. The fourth-order valence-electron chi connectivity index (χ4n) is 2.56. The molecule has 2 N–H and O–H groups in total. The van der Waals surface area contributed by atoms with Crippen molar-refractivity contribution in [1.82, 2.24) is 9.88 Å². The highest BCUT2D eigenvalue weighted by molar-refractivity contribution is 7.13. The van der Waals surface area contributed by atoms with Gasteiger partial charge in [0.1, 0.15) is 5.01 Å². The molecule has 1 aromatic carbocycles. The van der Waals surface area contributed by atoms with Gasteiger partial charge in [0.25, 0.3) is 0 Å². The third-order valence-corrected chi connectivity index (χ3v) is 5.13. The SMILES string of the molecule is Cl.Cl.NC1CCN(C(=O)Cc2csc(-c3ccccc3Cl)n2)CC1. The lowest BCUT2D eigenvalue weighted by Crippen LogP contribution is -2.43. The number of nitrogens with zero attached hydrogens (tertiary/aromatic N) is 2. The Hall–Kier alpha value is -0.850. The molecule has 1 fully saturated rings. The lowest BCUT2D eigenvalue weighted by Gasteiger charge is -2.30. The summed E-state index contributed by atoms with van der Waals surface area (Å²) >= 11 is 7.71. The minimum atomic E-state index is 0. The van der Waals surface area contributed by atoms with Crippen LogP contribution in [0.1, 0.15) is 18.5 Å². The maximum Gasteiger partial charge on any atom is 0.228 e. The van der Waals surface area contributed by atoms with Crippen molar-refractivity contribution in [3.63, 3.8) is 0 Å². The number of rotatable bonds is 3. The molecule has 0 radical (unpaired) electrons. The number of benzene rings is 1. The summed E-state index contributed by atoms with van der Waals surface area (Å²) in [6.45, 7) is 1.50. The third-order valence-electron chi connectivity index (χ3n) is 3.88. The van der Waals surface area contributed by atoms with Gasteiger partial charge in [-0.05, 0) is 18.9 Å². The Bertz CT molecular complexity index is 672. The molecule has 132 valence electrons. The van der Waals surface area contributed by atoms with E-state index >= 15 is 0 Å². The first-order chi connectivity index (χ1) is 10.6. The van der Waals surface area contributed by atoms with Crippen LogP contribution < -0.4 is 5.73 Å². The zero-order chi connectivity index (χ0) is 15.5. The molecule has 0 aliphatic carbocycles. The molecular formula is C16H20Cl3N3OS. The predicted octanol–water partition coefficient (Wildman–Crippen LogP) is 3.80. The zero-order valence-electron chi connectivity index (χ0n) is 13.0. The van der Waals surface area contributed by atoms with Crippen molar-refractivity contribution in [2.24, 2.45) is 5.73 Å². The van der Waals surface area contributed by atoms with E-state index in [0.717, 1.165) is 42.2 Å². The normalized spacial score (nSPS) is 14.7. The van der Waals surface area contributed by atoms with Gasteiger partial charge in [0, 0.05) is 30.1 Å². The molecule has 24 heavy (non-hydrogen) atoms. The number of piperidine rings is 1. The maximum absolute atomic E-state index is 12.3. The molecule has 0 unspecified atom stereocenters. The van der Waals surface area contributed by atoms with Crippen molar-refractivity contribution in [1.29, 1.82) is 0 Å². The molecule has 0 bridgehead atoms. The van der Waals surface area contributed by atoms with Crippen molar-refractivity contribution in [3.8, 4) is 10.6 Å². The van der Waals surface area contributed by atoms with Crippen LogP contribution in [0.4, 0.5) is 0 Å². The Labute approximate surface area is 163 Å². The first kappa shape index (κ1) is 21.2. The van der Waals surface area contributed by atoms with Crippen LogP contribution in [0, 0.1) is 0 Å². The van der Waals surface area contributed by atoms with E-state index in [2.05, 4.69) is 4.98 Å². The lowest BCUT2D eigenvalue weighted by atomic mass is 10.1. The van der Waals surface area contributed by atoms with E-state index in [-0.39, 0.29) is 36.8 Å². The third kappa shape index (κ3) is 5.07. The molecule has 1 saturated heterocycles. The minimum absolute atomic E-state index is 0. The number of halogens is 3. The van der Waals surface area contributed by atoms with Gasteiger partial charge in [-0.1, -0.05) is 29.8 Å². The van der Waals surface area contributed by atoms with Crippen LogP contribution in [0.25, 0.3) is 10.6 Å². The number of nitrogens with two attached hydrogens (primary N) is 1. The van der Waals surface area contributed by atoms with E-state index < -0.39 is 0 Å². The molecule has 0 spiro atoms. The number of thiazole rings is 1. The number of hydrogen-bond acceptors (Lipinski definition) is 4. The van der Waals surface area contributed by atoms with Crippen LogP contribution in [-0.4, -0.2) is 34.9 Å². The second-order valence-corrected chi connectivity index (χ2v) is 6.78. The molecule has 0 saturated carbocycles. The van der Waals surface area contributed by atoms with E-state index in [1.165, 1.54) is 11.3 Å². The molecule has 4 nitrogen and oxygen atoms in total. The molecular weight excluding hydrogens is 389 g/mol. The number of amides is 1. The highest BCUT2D eigenvalue weighted by atomic mass is 35.5. The van der Waals surface area contributed by atoms with Crippen LogP contribution in [0.5, 0.6) is 0 Å². The van der Waals surface area contributed by atoms with E-state index in [0.29, 0.717) is 11.4 Å². The average molecular weight is 409 g/mol. The summed E-state index contributed by atoms with van der Waals surface area (Å²) in [6, 6.07) is 7.85. The van der Waals surface area contributed by atoms with Crippen molar-refractivity contribution < 1.29 is 4.79 Å². The van der Waals surface area contributed by atoms with E-state index in [1.54, 1.807) is 0 Å². The fourth-order valence-corrected chi connectivity index (χ4v) is 3.70. The van der Waals surface area contributed by atoms with Crippen LogP contribution >= 0.6 is 47.8 Å². The molecule has 2 aromatic rings. The molecule has 8 heteroatoms. The molecule has 1 aromatic heterocycles. The van der Waals surface area contributed by atoms with Gasteiger partial charge in [-0.2, -0.15) is 0 Å². The number of aromatic nitrogens is 1. The van der Waals surface area contributed by atoms with Gasteiger partial charge in [-0.15, -0.1) is 36.2 Å².